The van der Waals surface area contributed by atoms with E-state index in [9.17, 15) is 79.2 Å². The van der Waals surface area contributed by atoms with Crippen LogP contribution in [0, 0.1) is 28.1 Å². The second kappa shape index (κ2) is 17.6. The summed E-state index contributed by atoms with van der Waals surface area (Å²) in [6.45, 7) is 6.33. The first-order chi connectivity index (χ1) is 29.2. The molecule has 0 amide bonds. The molecule has 0 aliphatic carbocycles. The summed E-state index contributed by atoms with van der Waals surface area (Å²) in [6, 6.07) is 0. The van der Waals surface area contributed by atoms with Crippen molar-refractivity contribution in [2.45, 2.75) is 117 Å². The van der Waals surface area contributed by atoms with Crippen LogP contribution in [0.4, 0.5) is 0 Å². The molecule has 0 radical (unpaired) electrons. The Kier molecular flexibility index (Phi) is 13.3. The number of fused-ring (bicyclic) bond motifs is 6. The van der Waals surface area contributed by atoms with E-state index in [2.05, 4.69) is 10.6 Å². The standard InChI is InChI=1S/C43H52N4O16/c1-40(12-11-33(54)55)24(14-35(58)59)38-39-42(3,19-37(62)63)21(6-9-31(50)51)26(45-39)16-29-41(2,18-36(60)61)22(7-10-32(52)53)27(44-29)17-43(4)23(13-34(56)57)20(5-8-30(48)49)25(47-43)15-28(40)46-38/h15-16,21,24,45-46H,5-14,17-19H2,1-4H3,(H,48,49)(H,50,51)(H,52,53)(H,54,55)(H,56,57)(H,58,59)(H,60,61)(H,62,63)/b26-16?,28-15?,39-38-/t21-,24+,40-,41+,42+,43+/m1/s1. The fourth-order valence-electron chi connectivity index (χ4n) is 10.2. The van der Waals surface area contributed by atoms with Crippen molar-refractivity contribution in [3.8, 4) is 0 Å². The van der Waals surface area contributed by atoms with Gasteiger partial charge >= 0.3 is 47.8 Å². The number of carboxylic acids is 8. The molecule has 20 nitrogen and oxygen atoms in total. The van der Waals surface area contributed by atoms with E-state index in [1.807, 2.05) is 0 Å². The average molecular weight is 881 g/mol. The Morgan fingerprint density at radius 2 is 1.25 bits per heavy atom. The van der Waals surface area contributed by atoms with Crippen molar-refractivity contribution in [1.82, 2.24) is 10.6 Å². The number of allylic oxidation sites excluding steroid dienone is 8. The van der Waals surface area contributed by atoms with Crippen LogP contribution >= 0.6 is 0 Å². The van der Waals surface area contributed by atoms with Gasteiger partial charge in [-0.1, -0.05) is 13.8 Å². The van der Waals surface area contributed by atoms with E-state index in [0.29, 0.717) is 0 Å². The van der Waals surface area contributed by atoms with Gasteiger partial charge in [-0.3, -0.25) is 48.3 Å². The number of hydrogen-bond donors (Lipinski definition) is 10. The molecule has 5 rings (SSSR count). The highest BCUT2D eigenvalue weighted by Crippen LogP contribution is 2.58. The fourth-order valence-corrected chi connectivity index (χ4v) is 10.2. The van der Waals surface area contributed by atoms with Crippen LogP contribution in [-0.2, 0) is 38.4 Å². The number of nitrogens with zero attached hydrogens (tertiary/aromatic N) is 2. The number of aliphatic carboxylic acids is 8. The van der Waals surface area contributed by atoms with E-state index in [-0.39, 0.29) is 88.7 Å². The minimum absolute atomic E-state index is 0.0779. The minimum atomic E-state index is -1.55. The van der Waals surface area contributed by atoms with Crippen LogP contribution in [0.5, 0.6) is 0 Å². The van der Waals surface area contributed by atoms with Crippen molar-refractivity contribution < 1.29 is 79.2 Å². The lowest BCUT2D eigenvalue weighted by Crippen LogP contribution is -2.33. The Hall–Kier alpha value is -6.60. The summed E-state index contributed by atoms with van der Waals surface area (Å²) >= 11 is 0. The van der Waals surface area contributed by atoms with Gasteiger partial charge in [-0.15, -0.1) is 0 Å². The minimum Gasteiger partial charge on any atom is -0.481 e. The Morgan fingerprint density at radius 3 is 1.81 bits per heavy atom. The van der Waals surface area contributed by atoms with Gasteiger partial charge in [0.2, 0.25) is 0 Å². The quantitative estimate of drug-likeness (QED) is 0.0809. The first-order valence-electron chi connectivity index (χ1n) is 20.3. The first-order valence-corrected chi connectivity index (χ1v) is 20.3. The van der Waals surface area contributed by atoms with Gasteiger partial charge in [0.15, 0.2) is 0 Å². The van der Waals surface area contributed by atoms with Crippen molar-refractivity contribution >= 4 is 59.2 Å². The van der Waals surface area contributed by atoms with Crippen LogP contribution in [0.15, 0.2) is 67.3 Å². The lowest BCUT2D eigenvalue weighted by atomic mass is 9.67. The molecular formula is C43H52N4O16. The van der Waals surface area contributed by atoms with Gasteiger partial charge in [-0.05, 0) is 68.4 Å². The van der Waals surface area contributed by atoms with Gasteiger partial charge in [0.05, 0.1) is 42.6 Å². The first kappa shape index (κ1) is 47.4. The van der Waals surface area contributed by atoms with Crippen molar-refractivity contribution in [1.29, 1.82) is 0 Å². The van der Waals surface area contributed by atoms with Crippen molar-refractivity contribution in [2.75, 3.05) is 0 Å². The molecule has 10 N–H and O–H groups in total. The van der Waals surface area contributed by atoms with Crippen molar-refractivity contribution in [2.24, 2.45) is 38.1 Å². The van der Waals surface area contributed by atoms with Crippen LogP contribution in [0.3, 0.4) is 0 Å². The Balaban J connectivity index is 2.00. The number of carboxylic acid groups (broad SMARTS) is 8. The molecule has 0 saturated carbocycles. The number of hydrogen-bond acceptors (Lipinski definition) is 12. The van der Waals surface area contributed by atoms with Crippen LogP contribution in [0.2, 0.25) is 0 Å². The maximum Gasteiger partial charge on any atom is 0.307 e. The zero-order valence-electron chi connectivity index (χ0n) is 35.2. The molecule has 0 unspecified atom stereocenters. The van der Waals surface area contributed by atoms with Gasteiger partial charge < -0.3 is 51.5 Å². The van der Waals surface area contributed by atoms with E-state index < -0.39 is 133 Å². The molecule has 340 valence electrons. The lowest BCUT2D eigenvalue weighted by molar-refractivity contribution is -0.141. The van der Waals surface area contributed by atoms with Crippen LogP contribution in [0.1, 0.15) is 111 Å². The van der Waals surface area contributed by atoms with Gasteiger partial charge in [-0.2, -0.15) is 0 Å². The zero-order valence-corrected chi connectivity index (χ0v) is 35.2. The summed E-state index contributed by atoms with van der Waals surface area (Å²) < 4.78 is 0. The topological polar surface area (TPSA) is 347 Å². The van der Waals surface area contributed by atoms with Crippen LogP contribution in [0.25, 0.3) is 0 Å². The molecule has 5 aliphatic heterocycles. The smallest absolute Gasteiger partial charge is 0.307 e. The van der Waals surface area contributed by atoms with Gasteiger partial charge in [0.1, 0.15) is 0 Å². The summed E-state index contributed by atoms with van der Waals surface area (Å²) in [4.78, 5) is 109. The number of nitrogens with one attached hydrogen (secondary N) is 2. The van der Waals surface area contributed by atoms with Crippen molar-refractivity contribution in [3.63, 3.8) is 0 Å². The van der Waals surface area contributed by atoms with E-state index in [1.54, 1.807) is 27.7 Å². The predicted molar refractivity (Wildman–Crippen MR) is 219 cm³/mol. The molecular weight excluding hydrogens is 828 g/mol. The summed E-state index contributed by atoms with van der Waals surface area (Å²) in [5, 5.41) is 87.5. The van der Waals surface area contributed by atoms with Crippen LogP contribution in [-0.4, -0.2) is 106 Å². The summed E-state index contributed by atoms with van der Waals surface area (Å²) in [5.74, 6) is -12.2. The van der Waals surface area contributed by atoms with E-state index in [0.717, 1.165) is 0 Å². The molecule has 0 aromatic carbocycles. The number of aliphatic imine (C=N–C) groups is 2. The molecule has 0 aromatic rings. The van der Waals surface area contributed by atoms with Gasteiger partial charge in [0, 0.05) is 88.7 Å². The predicted octanol–water partition coefficient (Wildman–Crippen LogP) is 4.40. The second-order valence-corrected chi connectivity index (χ2v) is 17.7. The molecule has 6 atom stereocenters. The maximum absolute atomic E-state index is 12.8. The SMILES string of the molecule is C[C@@]1(CC(=O)O)C2=NC(=C1CCC(=O)O)C[C@]1(C)N=C(C=C3N/C(=C4\NC(=C2)[C@@H](CCC(=O)O)[C@]4(C)CC(=O)O)[C@H](CC(=O)O)[C@@]3(C)CCC(=O)O)C(CCC(=O)O)=C1CC(=O)O. The molecule has 0 aromatic heterocycles. The average Bonchev–Trinajstić information content (AvgIpc) is 3.73. The normalized spacial score (nSPS) is 29.7. The molecule has 2 fully saturated rings. The Morgan fingerprint density at radius 1 is 0.651 bits per heavy atom. The van der Waals surface area contributed by atoms with Gasteiger partial charge in [0.25, 0.3) is 0 Å². The van der Waals surface area contributed by atoms with E-state index in [1.165, 1.54) is 12.2 Å². The summed E-state index contributed by atoms with van der Waals surface area (Å²) in [5.41, 5.74) is -4.28. The third-order valence-corrected chi connectivity index (χ3v) is 13.3. The molecule has 8 bridgehead atoms. The zero-order chi connectivity index (χ0) is 47.0. The maximum atomic E-state index is 12.8. The third-order valence-electron chi connectivity index (χ3n) is 13.3. The Labute approximate surface area is 360 Å². The Bertz CT molecular complexity index is 2300. The lowest BCUT2D eigenvalue weighted by Gasteiger charge is -2.34. The van der Waals surface area contributed by atoms with Crippen LogP contribution < -0.4 is 10.6 Å². The number of rotatable bonds is 20. The highest BCUT2D eigenvalue weighted by molar-refractivity contribution is 6.12. The molecule has 5 aliphatic rings. The molecule has 0 spiro atoms. The third kappa shape index (κ3) is 9.58. The monoisotopic (exact) mass is 880 g/mol. The molecule has 5 heterocycles. The second-order valence-electron chi connectivity index (χ2n) is 17.7. The van der Waals surface area contributed by atoms with Crippen molar-refractivity contribution in [3.05, 3.63) is 57.4 Å². The summed E-state index contributed by atoms with van der Waals surface area (Å²) in [7, 11) is 0. The fraction of sp³-hybridized carbons (Fsp3) is 0.535. The highest BCUT2D eigenvalue weighted by atomic mass is 16.4. The number of carbonyl (C=O) groups is 8. The van der Waals surface area contributed by atoms with Gasteiger partial charge in [-0.25, -0.2) is 0 Å². The summed E-state index contributed by atoms with van der Waals surface area (Å²) in [6.07, 6.45) is -2.46. The molecule has 63 heavy (non-hydrogen) atoms. The molecule has 20 heteroatoms. The highest BCUT2D eigenvalue weighted by Gasteiger charge is 2.56. The van der Waals surface area contributed by atoms with E-state index in [4.69, 9.17) is 9.98 Å². The van der Waals surface area contributed by atoms with E-state index >= 15 is 0 Å². The molecule has 2 saturated heterocycles. The largest absolute Gasteiger partial charge is 0.481 e.